The Morgan fingerprint density at radius 3 is 2.28 bits per heavy atom. The van der Waals surface area contributed by atoms with Crippen molar-refractivity contribution in [1.29, 1.82) is 0 Å². The molecular formula is C26H47N3O3. The highest BCUT2D eigenvalue weighted by Crippen LogP contribution is 2.12. The van der Waals surface area contributed by atoms with Gasteiger partial charge >= 0.3 is 0 Å². The molecule has 0 aliphatic carbocycles. The van der Waals surface area contributed by atoms with E-state index in [0.29, 0.717) is 19.6 Å². The van der Waals surface area contributed by atoms with E-state index in [1.54, 1.807) is 4.58 Å². The molecule has 1 aliphatic rings. The van der Waals surface area contributed by atoms with Crippen molar-refractivity contribution < 1.29 is 19.6 Å². The Kier molecular flexibility index (Phi) is 16.8. The SMILES string of the molecule is CCCCCCCCCCCCCCC(O)CNCCN1C#CC(C)=[N+](CC(=O)[O-])CC1. The first-order valence-electron chi connectivity index (χ1n) is 13.0. The van der Waals surface area contributed by atoms with Crippen LogP contribution in [-0.2, 0) is 4.79 Å². The van der Waals surface area contributed by atoms with Gasteiger partial charge in [-0.15, -0.1) is 0 Å². The van der Waals surface area contributed by atoms with Crippen molar-refractivity contribution in [3.8, 4) is 12.0 Å². The van der Waals surface area contributed by atoms with Crippen molar-refractivity contribution in [2.24, 2.45) is 0 Å². The maximum atomic E-state index is 10.8. The van der Waals surface area contributed by atoms with Gasteiger partial charge in [0.1, 0.15) is 5.97 Å². The first kappa shape index (κ1) is 28.5. The monoisotopic (exact) mass is 449 g/mol. The number of hydrogen-bond acceptors (Lipinski definition) is 5. The molecular weight excluding hydrogens is 402 g/mol. The molecule has 0 aromatic heterocycles. The highest BCUT2D eigenvalue weighted by Gasteiger charge is 2.14. The minimum atomic E-state index is -1.08. The van der Waals surface area contributed by atoms with E-state index in [9.17, 15) is 15.0 Å². The molecule has 0 saturated carbocycles. The topological polar surface area (TPSA) is 78.6 Å². The van der Waals surface area contributed by atoms with Crippen LogP contribution in [0.1, 0.15) is 97.3 Å². The summed E-state index contributed by atoms with van der Waals surface area (Å²) in [5.74, 6) is 1.94. The van der Waals surface area contributed by atoms with Crippen LogP contribution in [0.4, 0.5) is 0 Å². The minimum Gasteiger partial charge on any atom is -0.544 e. The van der Waals surface area contributed by atoms with Crippen molar-refractivity contribution in [3.05, 3.63) is 0 Å². The average molecular weight is 450 g/mol. The fourth-order valence-electron chi connectivity index (χ4n) is 4.03. The third-order valence-corrected chi connectivity index (χ3v) is 6.16. The standard InChI is InChI=1S/C26H47N3O3/c1-3-4-5-6-7-8-9-10-11-12-13-14-15-25(30)22-27-17-19-28-18-16-24(2)29(21-20-28)23-26(31)32/h25,27,30H,3-15,17,19-23H2,1-2H3. The van der Waals surface area contributed by atoms with Crippen LogP contribution in [0.25, 0.3) is 0 Å². The molecule has 1 atom stereocenters. The van der Waals surface area contributed by atoms with Crippen LogP contribution >= 0.6 is 0 Å². The molecule has 184 valence electrons. The molecule has 1 unspecified atom stereocenters. The van der Waals surface area contributed by atoms with Crippen LogP contribution in [0.5, 0.6) is 0 Å². The molecule has 0 saturated heterocycles. The maximum Gasteiger partial charge on any atom is 0.226 e. The van der Waals surface area contributed by atoms with Gasteiger partial charge in [0, 0.05) is 38.5 Å². The van der Waals surface area contributed by atoms with Gasteiger partial charge in [0.25, 0.3) is 0 Å². The maximum absolute atomic E-state index is 10.8. The Bertz CT molecular complexity index is 595. The van der Waals surface area contributed by atoms with Crippen LogP contribution in [0.3, 0.4) is 0 Å². The zero-order valence-corrected chi connectivity index (χ0v) is 20.7. The van der Waals surface area contributed by atoms with Crippen LogP contribution in [0.15, 0.2) is 0 Å². The second-order valence-corrected chi connectivity index (χ2v) is 9.14. The summed E-state index contributed by atoms with van der Waals surface area (Å²) in [5.41, 5.74) is 0.766. The molecule has 0 radical (unpaired) electrons. The number of carbonyl (C=O) groups is 1. The number of unbranched alkanes of at least 4 members (excludes halogenated alkanes) is 11. The van der Waals surface area contributed by atoms with Gasteiger partial charge in [-0.25, -0.2) is 4.58 Å². The van der Waals surface area contributed by atoms with E-state index >= 15 is 0 Å². The van der Waals surface area contributed by atoms with E-state index < -0.39 is 5.97 Å². The normalized spacial score (nSPS) is 14.8. The minimum absolute atomic E-state index is 0.113. The van der Waals surface area contributed by atoms with Gasteiger partial charge < -0.3 is 25.2 Å². The highest BCUT2D eigenvalue weighted by atomic mass is 16.4. The fraction of sp³-hybridized carbons (Fsp3) is 0.846. The third-order valence-electron chi connectivity index (χ3n) is 6.16. The van der Waals surface area contributed by atoms with Gasteiger partial charge in [0.15, 0.2) is 13.1 Å². The summed E-state index contributed by atoms with van der Waals surface area (Å²) in [5, 5.41) is 24.3. The van der Waals surface area contributed by atoms with Crippen molar-refractivity contribution >= 4 is 11.7 Å². The lowest BCUT2D eigenvalue weighted by molar-refractivity contribution is -0.526. The molecule has 6 heteroatoms. The van der Waals surface area contributed by atoms with Crippen LogP contribution in [0, 0.1) is 12.0 Å². The summed E-state index contributed by atoms with van der Waals surface area (Å²) in [4.78, 5) is 12.8. The van der Waals surface area contributed by atoms with Gasteiger partial charge in [-0.2, -0.15) is 0 Å². The fourth-order valence-corrected chi connectivity index (χ4v) is 4.03. The number of nitrogens with zero attached hydrogens (tertiary/aromatic N) is 2. The van der Waals surface area contributed by atoms with Gasteiger partial charge in [-0.05, 0) is 6.42 Å². The number of rotatable bonds is 20. The van der Waals surface area contributed by atoms with E-state index in [4.69, 9.17) is 0 Å². The molecule has 6 nitrogen and oxygen atoms in total. The van der Waals surface area contributed by atoms with Gasteiger partial charge in [0.05, 0.1) is 12.6 Å². The van der Waals surface area contributed by atoms with Gasteiger partial charge in [-0.1, -0.05) is 84.0 Å². The predicted octanol–water partition coefficient (Wildman–Crippen LogP) is 2.53. The number of carboxylic acid groups (broad SMARTS) is 1. The zero-order valence-electron chi connectivity index (χ0n) is 20.7. The Labute approximate surface area is 196 Å². The Morgan fingerprint density at radius 2 is 1.69 bits per heavy atom. The summed E-state index contributed by atoms with van der Waals surface area (Å²) in [6.45, 7) is 7.42. The average Bonchev–Trinajstić information content (AvgIpc) is 2.93. The molecule has 0 spiro atoms. The van der Waals surface area contributed by atoms with E-state index in [0.717, 1.165) is 31.6 Å². The molecule has 0 bridgehead atoms. The third kappa shape index (κ3) is 15.3. The highest BCUT2D eigenvalue weighted by molar-refractivity contribution is 5.94. The van der Waals surface area contributed by atoms with Crippen molar-refractivity contribution in [1.82, 2.24) is 10.2 Å². The number of aliphatic hydroxyl groups is 1. The lowest BCUT2D eigenvalue weighted by Crippen LogP contribution is -2.38. The summed E-state index contributed by atoms with van der Waals surface area (Å²) in [6, 6.07) is 3.09. The quantitative estimate of drug-likeness (QED) is 0.170. The Balaban J connectivity index is 1.95. The molecule has 0 aromatic rings. The van der Waals surface area contributed by atoms with Crippen LogP contribution < -0.4 is 10.4 Å². The molecule has 1 rings (SSSR count). The molecule has 0 amide bonds. The summed E-state index contributed by atoms with van der Waals surface area (Å²) in [6.07, 6.45) is 16.6. The second-order valence-electron chi connectivity index (χ2n) is 9.14. The lowest BCUT2D eigenvalue weighted by Gasteiger charge is -2.17. The van der Waals surface area contributed by atoms with E-state index in [1.165, 1.54) is 70.6 Å². The Hall–Kier alpha value is -1.58. The summed E-state index contributed by atoms with van der Waals surface area (Å²) < 4.78 is 1.74. The number of nitrogens with one attached hydrogen (secondary N) is 1. The molecule has 0 aromatic carbocycles. The van der Waals surface area contributed by atoms with Gasteiger partial charge in [0.2, 0.25) is 5.71 Å². The number of aliphatic carboxylic acids is 1. The van der Waals surface area contributed by atoms with Gasteiger partial charge in [-0.3, -0.25) is 0 Å². The lowest BCUT2D eigenvalue weighted by atomic mass is 10.0. The second kappa shape index (κ2) is 18.9. The zero-order chi connectivity index (χ0) is 23.4. The van der Waals surface area contributed by atoms with Crippen LogP contribution in [-0.4, -0.2) is 71.6 Å². The van der Waals surface area contributed by atoms with Crippen molar-refractivity contribution in [3.63, 3.8) is 0 Å². The van der Waals surface area contributed by atoms with E-state index in [2.05, 4.69) is 24.2 Å². The first-order chi connectivity index (χ1) is 15.5. The Morgan fingerprint density at radius 1 is 1.09 bits per heavy atom. The summed E-state index contributed by atoms with van der Waals surface area (Å²) in [7, 11) is 0. The largest absolute Gasteiger partial charge is 0.544 e. The number of aliphatic hydroxyl groups excluding tert-OH is 1. The smallest absolute Gasteiger partial charge is 0.226 e. The van der Waals surface area contributed by atoms with E-state index in [1.807, 2.05) is 11.8 Å². The number of hydrogen-bond donors (Lipinski definition) is 2. The van der Waals surface area contributed by atoms with E-state index in [-0.39, 0.29) is 12.6 Å². The van der Waals surface area contributed by atoms with Crippen molar-refractivity contribution in [2.45, 2.75) is 103 Å². The number of carbonyl (C=O) groups excluding carboxylic acids is 1. The number of carboxylic acids is 1. The van der Waals surface area contributed by atoms with Crippen LogP contribution in [0.2, 0.25) is 0 Å². The molecule has 1 heterocycles. The summed E-state index contributed by atoms with van der Waals surface area (Å²) >= 11 is 0. The predicted molar refractivity (Wildman–Crippen MR) is 130 cm³/mol. The van der Waals surface area contributed by atoms with Crippen molar-refractivity contribution in [2.75, 3.05) is 39.3 Å². The molecule has 1 aliphatic heterocycles. The molecule has 32 heavy (non-hydrogen) atoms. The molecule has 2 N–H and O–H groups in total. The molecule has 0 fully saturated rings. The first-order valence-corrected chi connectivity index (χ1v) is 13.0.